The average Bonchev–Trinajstić information content (AvgIpc) is 2.81. The summed E-state index contributed by atoms with van der Waals surface area (Å²) in [6, 6.07) is 5.82. The second-order valence-corrected chi connectivity index (χ2v) is 5.60. The van der Waals surface area contributed by atoms with Crippen LogP contribution in [0.5, 0.6) is 0 Å². The zero-order chi connectivity index (χ0) is 15.4. The molecule has 0 radical (unpaired) electrons. The van der Waals surface area contributed by atoms with Gasteiger partial charge in [-0.15, -0.1) is 11.3 Å². The van der Waals surface area contributed by atoms with Crippen LogP contribution in [0.15, 0.2) is 24.5 Å². The minimum Gasteiger partial charge on any atom is -0.396 e. The van der Waals surface area contributed by atoms with E-state index in [4.69, 9.17) is 5.73 Å². The number of carbonyl (C=O) groups excluding carboxylic acids is 1. The van der Waals surface area contributed by atoms with Crippen molar-refractivity contribution in [3.8, 4) is 6.07 Å². The highest BCUT2D eigenvalue weighted by molar-refractivity contribution is 7.18. The molecule has 0 unspecified atom stereocenters. The highest BCUT2D eigenvalue weighted by Gasteiger charge is 2.22. The van der Waals surface area contributed by atoms with Crippen molar-refractivity contribution in [2.75, 3.05) is 25.1 Å². The van der Waals surface area contributed by atoms with Gasteiger partial charge in [-0.3, -0.25) is 9.78 Å². The molecule has 0 aromatic carbocycles. The maximum atomic E-state index is 12.0. The molecule has 2 aromatic rings. The third kappa shape index (κ3) is 3.12. The minimum absolute atomic E-state index is 0.205. The molecule has 0 saturated carbocycles. The number of nitrogens with zero attached hydrogens (tertiary/aromatic N) is 3. The molecular weight excluding hydrogens is 286 g/mol. The Kier molecular flexibility index (Phi) is 4.40. The van der Waals surface area contributed by atoms with E-state index in [0.717, 1.165) is 5.56 Å². The highest BCUT2D eigenvalue weighted by Crippen LogP contribution is 2.35. The molecule has 0 fully saturated rings. The zero-order valence-corrected chi connectivity index (χ0v) is 12.6. The Morgan fingerprint density at radius 3 is 2.90 bits per heavy atom. The maximum Gasteiger partial charge on any atom is 0.265 e. The third-order valence-corrected chi connectivity index (χ3v) is 3.98. The smallest absolute Gasteiger partial charge is 0.265 e. The first-order valence-electron chi connectivity index (χ1n) is 6.21. The fourth-order valence-electron chi connectivity index (χ4n) is 1.73. The van der Waals surface area contributed by atoms with Gasteiger partial charge in [-0.05, 0) is 11.6 Å². The second kappa shape index (κ2) is 6.24. The van der Waals surface area contributed by atoms with Crippen molar-refractivity contribution in [2.24, 2.45) is 0 Å². The molecule has 2 rings (SSSR count). The van der Waals surface area contributed by atoms with E-state index in [-0.39, 0.29) is 11.6 Å². The lowest BCUT2D eigenvalue weighted by atomic mass is 10.2. The summed E-state index contributed by atoms with van der Waals surface area (Å²) in [5.74, 6) is -0.205. The molecular formula is C14H15N5OS. The van der Waals surface area contributed by atoms with Gasteiger partial charge in [-0.1, -0.05) is 6.07 Å². The molecule has 2 heterocycles. The second-order valence-electron chi connectivity index (χ2n) is 4.58. The molecule has 108 valence electrons. The van der Waals surface area contributed by atoms with Gasteiger partial charge in [-0.2, -0.15) is 5.26 Å². The number of pyridine rings is 1. The van der Waals surface area contributed by atoms with Crippen LogP contribution in [0.2, 0.25) is 0 Å². The molecule has 3 N–H and O–H groups in total. The lowest BCUT2D eigenvalue weighted by molar-refractivity contribution is 0.0833. The number of nitrogen functional groups attached to an aromatic ring is 1. The Morgan fingerprint density at radius 1 is 1.57 bits per heavy atom. The topological polar surface area (TPSA) is 95.0 Å². The molecule has 7 heteroatoms. The van der Waals surface area contributed by atoms with Gasteiger partial charge in [0.2, 0.25) is 0 Å². The van der Waals surface area contributed by atoms with Gasteiger partial charge >= 0.3 is 0 Å². The fraction of sp³-hybridized carbons (Fsp3) is 0.214. The molecule has 0 aliphatic carbocycles. The summed E-state index contributed by atoms with van der Waals surface area (Å²) in [6.45, 7) is 0.512. The first-order chi connectivity index (χ1) is 10.0. The van der Waals surface area contributed by atoms with Gasteiger partial charge in [0.25, 0.3) is 5.91 Å². The average molecular weight is 301 g/mol. The summed E-state index contributed by atoms with van der Waals surface area (Å²) in [4.78, 5) is 17.9. The van der Waals surface area contributed by atoms with Gasteiger partial charge in [0.15, 0.2) is 0 Å². The van der Waals surface area contributed by atoms with Crippen molar-refractivity contribution in [3.63, 3.8) is 0 Å². The van der Waals surface area contributed by atoms with E-state index in [1.165, 1.54) is 16.2 Å². The third-order valence-electron chi connectivity index (χ3n) is 2.83. The number of thiophene rings is 1. The minimum atomic E-state index is -0.205. The lowest BCUT2D eigenvalue weighted by Gasteiger charge is -2.08. The molecule has 0 saturated heterocycles. The first-order valence-corrected chi connectivity index (χ1v) is 7.03. The van der Waals surface area contributed by atoms with Crippen LogP contribution in [0.25, 0.3) is 0 Å². The van der Waals surface area contributed by atoms with Gasteiger partial charge in [0.1, 0.15) is 21.5 Å². The summed E-state index contributed by atoms with van der Waals surface area (Å²) >= 11 is 1.20. The predicted octanol–water partition coefficient (Wildman–Crippen LogP) is 1.91. The van der Waals surface area contributed by atoms with Crippen LogP contribution in [-0.2, 0) is 6.54 Å². The number of amides is 1. The normalized spacial score (nSPS) is 9.95. The van der Waals surface area contributed by atoms with Crippen molar-refractivity contribution < 1.29 is 4.79 Å². The van der Waals surface area contributed by atoms with Gasteiger partial charge < -0.3 is 16.0 Å². The van der Waals surface area contributed by atoms with E-state index in [0.29, 0.717) is 22.0 Å². The van der Waals surface area contributed by atoms with Crippen LogP contribution in [0.1, 0.15) is 20.8 Å². The van der Waals surface area contributed by atoms with E-state index >= 15 is 0 Å². The van der Waals surface area contributed by atoms with E-state index in [9.17, 15) is 10.1 Å². The van der Waals surface area contributed by atoms with Crippen molar-refractivity contribution >= 4 is 27.9 Å². The van der Waals surface area contributed by atoms with Crippen LogP contribution in [0, 0.1) is 11.3 Å². The summed E-state index contributed by atoms with van der Waals surface area (Å²) in [6.07, 6.45) is 3.43. The van der Waals surface area contributed by atoms with Crippen LogP contribution >= 0.6 is 11.3 Å². The summed E-state index contributed by atoms with van der Waals surface area (Å²) in [5.41, 5.74) is 7.44. The number of hydrogen-bond acceptors (Lipinski definition) is 6. The van der Waals surface area contributed by atoms with Crippen molar-refractivity contribution in [1.82, 2.24) is 9.88 Å². The van der Waals surface area contributed by atoms with Gasteiger partial charge in [-0.25, -0.2) is 0 Å². The monoisotopic (exact) mass is 301 g/mol. The Labute approximate surface area is 126 Å². The lowest BCUT2D eigenvalue weighted by Crippen LogP contribution is -2.21. The number of rotatable bonds is 4. The van der Waals surface area contributed by atoms with Crippen molar-refractivity contribution in [3.05, 3.63) is 40.5 Å². The number of anilines is 2. The molecule has 0 bridgehead atoms. The van der Waals surface area contributed by atoms with Crippen LogP contribution in [0.4, 0.5) is 10.7 Å². The predicted molar refractivity (Wildman–Crippen MR) is 83.0 cm³/mol. The Balaban J connectivity index is 2.26. The number of hydrogen-bond donors (Lipinski definition) is 2. The van der Waals surface area contributed by atoms with Crippen LogP contribution < -0.4 is 11.1 Å². The quantitative estimate of drug-likeness (QED) is 0.899. The van der Waals surface area contributed by atoms with Crippen LogP contribution in [0.3, 0.4) is 0 Å². The Bertz CT molecular complexity index is 687. The molecule has 0 atom stereocenters. The van der Waals surface area contributed by atoms with E-state index < -0.39 is 0 Å². The molecule has 0 aliphatic rings. The first kappa shape index (κ1) is 14.8. The summed E-state index contributed by atoms with van der Waals surface area (Å²) in [5, 5.41) is 13.0. The number of nitrogens with one attached hydrogen (secondary N) is 1. The number of aromatic nitrogens is 1. The fourth-order valence-corrected chi connectivity index (χ4v) is 2.81. The SMILES string of the molecule is CN(C)C(=O)c1sc(NCc2cccnc2)c(C#N)c1N. The van der Waals surface area contributed by atoms with Crippen molar-refractivity contribution in [2.45, 2.75) is 6.54 Å². The van der Waals surface area contributed by atoms with Crippen LogP contribution in [-0.4, -0.2) is 29.9 Å². The molecule has 21 heavy (non-hydrogen) atoms. The molecule has 2 aromatic heterocycles. The summed E-state index contributed by atoms with van der Waals surface area (Å²) < 4.78 is 0. The highest BCUT2D eigenvalue weighted by atomic mass is 32.1. The maximum absolute atomic E-state index is 12.0. The van der Waals surface area contributed by atoms with E-state index in [1.54, 1.807) is 26.5 Å². The number of nitrogens with two attached hydrogens (primary N) is 1. The van der Waals surface area contributed by atoms with Gasteiger partial charge in [0, 0.05) is 33.0 Å². The largest absolute Gasteiger partial charge is 0.396 e. The standard InChI is InChI=1S/C14H15N5OS/c1-19(2)14(20)12-11(16)10(6-15)13(21-12)18-8-9-4-3-5-17-7-9/h3-5,7,18H,8,16H2,1-2H3. The van der Waals surface area contributed by atoms with Gasteiger partial charge in [0.05, 0.1) is 5.69 Å². The Morgan fingerprint density at radius 2 is 2.33 bits per heavy atom. The Hall–Kier alpha value is -2.59. The summed E-state index contributed by atoms with van der Waals surface area (Å²) in [7, 11) is 3.30. The van der Waals surface area contributed by atoms with E-state index in [2.05, 4.69) is 16.4 Å². The molecule has 6 nitrogen and oxygen atoms in total. The molecule has 1 amide bonds. The molecule has 0 spiro atoms. The molecule has 0 aliphatic heterocycles. The van der Waals surface area contributed by atoms with E-state index in [1.807, 2.05) is 12.1 Å². The zero-order valence-electron chi connectivity index (χ0n) is 11.8. The number of nitriles is 1. The van der Waals surface area contributed by atoms with Crippen molar-refractivity contribution in [1.29, 1.82) is 5.26 Å². The number of carbonyl (C=O) groups is 1.